The molecular weight excluding hydrogens is 296 g/mol. The molecule has 24 heavy (non-hydrogen) atoms. The molecule has 3 heterocycles. The summed E-state index contributed by atoms with van der Waals surface area (Å²) in [5, 5.41) is 0. The molecule has 0 radical (unpaired) electrons. The standard InChI is InChI=1S/C20H24N4/c1-15-6-5-9-20-22-18(13-24(15)20)12-23-11-17(10-21)19(14-23)16-7-3-2-4-8-16/h2-9,13,17,19H,10-12,14,21H2,1H3/t17-,19+/m1/s1. The summed E-state index contributed by atoms with van der Waals surface area (Å²) in [5.74, 6) is 1.04. The molecule has 3 aromatic rings. The average Bonchev–Trinajstić information content (AvgIpc) is 3.20. The SMILES string of the molecule is Cc1cccc2nc(CN3C[C@@H](CN)[C@H](c4ccccc4)C3)cn12. The fourth-order valence-electron chi connectivity index (χ4n) is 3.91. The first-order valence-corrected chi connectivity index (χ1v) is 8.65. The van der Waals surface area contributed by atoms with Crippen LogP contribution in [-0.4, -0.2) is 33.9 Å². The minimum Gasteiger partial charge on any atom is -0.330 e. The van der Waals surface area contributed by atoms with Crippen LogP contribution in [0.3, 0.4) is 0 Å². The van der Waals surface area contributed by atoms with Crippen LogP contribution in [0.15, 0.2) is 54.7 Å². The Morgan fingerprint density at radius 3 is 2.67 bits per heavy atom. The minimum atomic E-state index is 0.520. The monoisotopic (exact) mass is 320 g/mol. The van der Waals surface area contributed by atoms with Crippen LogP contribution in [0.25, 0.3) is 5.65 Å². The third kappa shape index (κ3) is 2.83. The van der Waals surface area contributed by atoms with Crippen molar-refractivity contribution in [1.29, 1.82) is 0 Å². The van der Waals surface area contributed by atoms with E-state index in [9.17, 15) is 0 Å². The molecule has 0 unspecified atom stereocenters. The summed E-state index contributed by atoms with van der Waals surface area (Å²) >= 11 is 0. The van der Waals surface area contributed by atoms with Crippen molar-refractivity contribution < 1.29 is 0 Å². The van der Waals surface area contributed by atoms with Crippen LogP contribution in [-0.2, 0) is 6.54 Å². The molecule has 4 nitrogen and oxygen atoms in total. The number of hydrogen-bond donors (Lipinski definition) is 1. The number of pyridine rings is 1. The van der Waals surface area contributed by atoms with E-state index < -0.39 is 0 Å². The van der Waals surface area contributed by atoms with Gasteiger partial charge in [0.15, 0.2) is 0 Å². The smallest absolute Gasteiger partial charge is 0.137 e. The van der Waals surface area contributed by atoms with E-state index >= 15 is 0 Å². The molecule has 2 atom stereocenters. The second-order valence-electron chi connectivity index (χ2n) is 6.83. The van der Waals surface area contributed by atoms with Crippen LogP contribution in [0.5, 0.6) is 0 Å². The Bertz CT molecular complexity index is 824. The molecule has 0 aliphatic carbocycles. The Morgan fingerprint density at radius 2 is 1.92 bits per heavy atom. The predicted octanol–water partition coefficient (Wildman–Crippen LogP) is 2.82. The Morgan fingerprint density at radius 1 is 1.08 bits per heavy atom. The summed E-state index contributed by atoms with van der Waals surface area (Å²) in [7, 11) is 0. The molecule has 4 rings (SSSR count). The third-order valence-corrected chi connectivity index (χ3v) is 5.18. The van der Waals surface area contributed by atoms with E-state index in [4.69, 9.17) is 10.7 Å². The van der Waals surface area contributed by atoms with Gasteiger partial charge in [-0.15, -0.1) is 0 Å². The van der Waals surface area contributed by atoms with Gasteiger partial charge < -0.3 is 10.1 Å². The highest BCUT2D eigenvalue weighted by Crippen LogP contribution is 2.32. The molecule has 4 heteroatoms. The number of aromatic nitrogens is 2. The number of benzene rings is 1. The van der Waals surface area contributed by atoms with Gasteiger partial charge in [0.1, 0.15) is 5.65 Å². The van der Waals surface area contributed by atoms with Gasteiger partial charge in [-0.3, -0.25) is 4.90 Å². The van der Waals surface area contributed by atoms with Gasteiger partial charge in [0.05, 0.1) is 5.69 Å². The first-order chi connectivity index (χ1) is 11.7. The molecule has 0 bridgehead atoms. The fraction of sp³-hybridized carbons (Fsp3) is 0.350. The van der Waals surface area contributed by atoms with Crippen LogP contribution in [0.1, 0.15) is 22.9 Å². The Labute approximate surface area is 142 Å². The van der Waals surface area contributed by atoms with Crippen molar-refractivity contribution in [2.45, 2.75) is 19.4 Å². The molecule has 1 fully saturated rings. The number of fused-ring (bicyclic) bond motifs is 1. The largest absolute Gasteiger partial charge is 0.330 e. The quantitative estimate of drug-likeness (QED) is 0.804. The normalized spacial score (nSPS) is 21.6. The van der Waals surface area contributed by atoms with Crippen LogP contribution < -0.4 is 5.73 Å². The topological polar surface area (TPSA) is 46.6 Å². The molecule has 124 valence electrons. The maximum Gasteiger partial charge on any atom is 0.137 e. The highest BCUT2D eigenvalue weighted by Gasteiger charge is 2.32. The van der Waals surface area contributed by atoms with E-state index in [0.717, 1.165) is 37.5 Å². The fourth-order valence-corrected chi connectivity index (χ4v) is 3.91. The second kappa shape index (κ2) is 6.38. The average molecular weight is 320 g/mol. The van der Waals surface area contributed by atoms with Crippen molar-refractivity contribution >= 4 is 5.65 Å². The molecule has 0 saturated carbocycles. The molecule has 0 amide bonds. The highest BCUT2D eigenvalue weighted by atomic mass is 15.2. The summed E-state index contributed by atoms with van der Waals surface area (Å²) < 4.78 is 2.17. The predicted molar refractivity (Wildman–Crippen MR) is 96.9 cm³/mol. The second-order valence-corrected chi connectivity index (χ2v) is 6.83. The first-order valence-electron chi connectivity index (χ1n) is 8.65. The molecule has 1 aliphatic heterocycles. The van der Waals surface area contributed by atoms with Crippen molar-refractivity contribution in [2.75, 3.05) is 19.6 Å². The van der Waals surface area contributed by atoms with Crippen molar-refractivity contribution in [1.82, 2.24) is 14.3 Å². The zero-order chi connectivity index (χ0) is 16.5. The van der Waals surface area contributed by atoms with Crippen molar-refractivity contribution in [3.05, 3.63) is 71.7 Å². The lowest BCUT2D eigenvalue weighted by molar-refractivity contribution is 0.313. The van der Waals surface area contributed by atoms with Gasteiger partial charge in [-0.2, -0.15) is 0 Å². The van der Waals surface area contributed by atoms with Gasteiger partial charge in [-0.1, -0.05) is 36.4 Å². The number of nitrogens with zero attached hydrogens (tertiary/aromatic N) is 3. The number of aryl methyl sites for hydroxylation is 1. The maximum atomic E-state index is 6.05. The molecule has 1 aliphatic rings. The minimum absolute atomic E-state index is 0.520. The van der Waals surface area contributed by atoms with E-state index in [1.54, 1.807) is 0 Å². The summed E-state index contributed by atoms with van der Waals surface area (Å²) in [6.07, 6.45) is 2.16. The Balaban J connectivity index is 1.53. The lowest BCUT2D eigenvalue weighted by Crippen LogP contribution is -2.23. The molecule has 1 aromatic carbocycles. The van der Waals surface area contributed by atoms with Crippen LogP contribution in [0, 0.1) is 12.8 Å². The summed E-state index contributed by atoms with van der Waals surface area (Å²) in [6, 6.07) is 17.0. The van der Waals surface area contributed by atoms with E-state index in [2.05, 4.69) is 71.0 Å². The molecule has 2 N–H and O–H groups in total. The molecular formula is C20H24N4. The lowest BCUT2D eigenvalue weighted by Gasteiger charge is -2.16. The lowest BCUT2D eigenvalue weighted by atomic mass is 9.89. The summed E-state index contributed by atoms with van der Waals surface area (Å²) in [6.45, 7) is 5.84. The molecule has 0 spiro atoms. The Kier molecular flexibility index (Phi) is 4.08. The van der Waals surface area contributed by atoms with Crippen molar-refractivity contribution in [2.24, 2.45) is 11.7 Å². The van der Waals surface area contributed by atoms with Crippen LogP contribution >= 0.6 is 0 Å². The zero-order valence-corrected chi connectivity index (χ0v) is 14.1. The molecule has 2 aromatic heterocycles. The van der Waals surface area contributed by atoms with E-state index in [1.165, 1.54) is 11.3 Å². The first kappa shape index (κ1) is 15.4. The summed E-state index contributed by atoms with van der Waals surface area (Å²) in [4.78, 5) is 7.27. The van der Waals surface area contributed by atoms with E-state index in [0.29, 0.717) is 11.8 Å². The maximum absolute atomic E-state index is 6.05. The van der Waals surface area contributed by atoms with Gasteiger partial charge in [-0.05, 0) is 37.1 Å². The third-order valence-electron chi connectivity index (χ3n) is 5.18. The van der Waals surface area contributed by atoms with Crippen molar-refractivity contribution in [3.8, 4) is 0 Å². The van der Waals surface area contributed by atoms with E-state index in [1.807, 2.05) is 0 Å². The number of imidazole rings is 1. The van der Waals surface area contributed by atoms with Crippen LogP contribution in [0.4, 0.5) is 0 Å². The van der Waals surface area contributed by atoms with Crippen molar-refractivity contribution in [3.63, 3.8) is 0 Å². The summed E-state index contributed by atoms with van der Waals surface area (Å²) in [5.41, 5.74) is 10.8. The number of rotatable bonds is 4. The van der Waals surface area contributed by atoms with Gasteiger partial charge in [-0.25, -0.2) is 4.98 Å². The number of likely N-dealkylation sites (tertiary alicyclic amines) is 1. The van der Waals surface area contributed by atoms with Gasteiger partial charge in [0.2, 0.25) is 0 Å². The number of nitrogens with two attached hydrogens (primary N) is 1. The van der Waals surface area contributed by atoms with Crippen LogP contribution in [0.2, 0.25) is 0 Å². The highest BCUT2D eigenvalue weighted by molar-refractivity contribution is 5.41. The van der Waals surface area contributed by atoms with Gasteiger partial charge in [0, 0.05) is 37.4 Å². The molecule has 1 saturated heterocycles. The number of hydrogen-bond acceptors (Lipinski definition) is 3. The zero-order valence-electron chi connectivity index (χ0n) is 14.1. The van der Waals surface area contributed by atoms with Gasteiger partial charge >= 0.3 is 0 Å². The van der Waals surface area contributed by atoms with E-state index in [-0.39, 0.29) is 0 Å². The Hall–Kier alpha value is -2.17. The van der Waals surface area contributed by atoms with Gasteiger partial charge in [0.25, 0.3) is 0 Å².